The van der Waals surface area contributed by atoms with Crippen LogP contribution in [0.4, 0.5) is 13.2 Å². The van der Waals surface area contributed by atoms with Gasteiger partial charge in [-0.3, -0.25) is 9.69 Å². The van der Waals surface area contributed by atoms with E-state index < -0.39 is 17.6 Å². The number of para-hydroxylation sites is 1. The minimum absolute atomic E-state index is 0.280. The molecule has 3 aromatic rings. The number of aromatic nitrogens is 2. The smallest absolute Gasteiger partial charge is 0.336 e. The SMILES string of the molecule is O=C(c1ccccc1C(F)(F)F)N1CCN(Cc2nn(-c3ccccc3)c3c2CCC3)CC1. The van der Waals surface area contributed by atoms with Crippen LogP contribution in [0, 0.1) is 0 Å². The molecule has 33 heavy (non-hydrogen) atoms. The molecule has 0 atom stereocenters. The number of hydrogen-bond donors (Lipinski definition) is 0. The molecule has 0 N–H and O–H groups in total. The Kier molecular flexibility index (Phi) is 5.70. The molecule has 2 aromatic carbocycles. The topological polar surface area (TPSA) is 41.4 Å². The van der Waals surface area contributed by atoms with Crippen molar-refractivity contribution in [2.45, 2.75) is 32.0 Å². The summed E-state index contributed by atoms with van der Waals surface area (Å²) in [4.78, 5) is 16.6. The second-order valence-corrected chi connectivity index (χ2v) is 8.58. The van der Waals surface area contributed by atoms with Crippen molar-refractivity contribution in [2.24, 2.45) is 0 Å². The van der Waals surface area contributed by atoms with Crippen LogP contribution in [-0.4, -0.2) is 51.7 Å². The highest BCUT2D eigenvalue weighted by Gasteiger charge is 2.36. The van der Waals surface area contributed by atoms with E-state index in [2.05, 4.69) is 17.0 Å². The predicted molar refractivity (Wildman–Crippen MR) is 118 cm³/mol. The van der Waals surface area contributed by atoms with Crippen LogP contribution in [0.3, 0.4) is 0 Å². The van der Waals surface area contributed by atoms with E-state index in [1.54, 1.807) is 0 Å². The number of rotatable bonds is 4. The van der Waals surface area contributed by atoms with Crippen molar-refractivity contribution in [3.8, 4) is 5.69 Å². The highest BCUT2D eigenvalue weighted by Crippen LogP contribution is 2.33. The molecule has 0 radical (unpaired) electrons. The molecule has 0 unspecified atom stereocenters. The molecule has 2 aliphatic rings. The molecule has 1 aliphatic carbocycles. The normalized spacial score (nSPS) is 16.8. The summed E-state index contributed by atoms with van der Waals surface area (Å²) in [5.41, 5.74) is 3.55. The summed E-state index contributed by atoms with van der Waals surface area (Å²) in [6, 6.07) is 15.1. The van der Waals surface area contributed by atoms with Gasteiger partial charge in [0.25, 0.3) is 5.91 Å². The van der Waals surface area contributed by atoms with Crippen molar-refractivity contribution >= 4 is 5.91 Å². The van der Waals surface area contributed by atoms with Crippen LogP contribution < -0.4 is 0 Å². The Hall–Kier alpha value is -3.13. The van der Waals surface area contributed by atoms with Crippen molar-refractivity contribution in [1.82, 2.24) is 19.6 Å². The van der Waals surface area contributed by atoms with E-state index in [9.17, 15) is 18.0 Å². The fraction of sp³-hybridized carbons (Fsp3) is 0.360. The first-order valence-corrected chi connectivity index (χ1v) is 11.2. The van der Waals surface area contributed by atoms with Crippen LogP contribution in [0.2, 0.25) is 0 Å². The van der Waals surface area contributed by atoms with Crippen LogP contribution in [0.25, 0.3) is 5.69 Å². The first kappa shape index (κ1) is 21.7. The average Bonchev–Trinajstić information content (AvgIpc) is 3.43. The van der Waals surface area contributed by atoms with Crippen molar-refractivity contribution < 1.29 is 18.0 Å². The Morgan fingerprint density at radius 2 is 1.61 bits per heavy atom. The number of benzene rings is 2. The second kappa shape index (κ2) is 8.67. The van der Waals surface area contributed by atoms with Gasteiger partial charge in [-0.25, -0.2) is 4.68 Å². The molecule has 1 aliphatic heterocycles. The molecular formula is C25H25F3N4O. The number of piperazine rings is 1. The highest BCUT2D eigenvalue weighted by molar-refractivity contribution is 5.96. The third-order valence-corrected chi connectivity index (χ3v) is 6.51. The number of hydrogen-bond acceptors (Lipinski definition) is 3. The number of alkyl halides is 3. The maximum absolute atomic E-state index is 13.3. The lowest BCUT2D eigenvalue weighted by atomic mass is 10.1. The third-order valence-electron chi connectivity index (χ3n) is 6.51. The van der Waals surface area contributed by atoms with Crippen LogP contribution in [0.5, 0.6) is 0 Å². The average molecular weight is 454 g/mol. The van der Waals surface area contributed by atoms with Crippen LogP contribution in [0.1, 0.15) is 39.3 Å². The summed E-state index contributed by atoms with van der Waals surface area (Å²) in [7, 11) is 0. The predicted octanol–water partition coefficient (Wildman–Crippen LogP) is 4.34. The Morgan fingerprint density at radius 1 is 0.909 bits per heavy atom. The van der Waals surface area contributed by atoms with Gasteiger partial charge in [-0.15, -0.1) is 0 Å². The molecule has 1 amide bonds. The largest absolute Gasteiger partial charge is 0.417 e. The maximum Gasteiger partial charge on any atom is 0.417 e. The molecule has 1 fully saturated rings. The summed E-state index contributed by atoms with van der Waals surface area (Å²) in [6.45, 7) is 2.68. The monoisotopic (exact) mass is 454 g/mol. The lowest BCUT2D eigenvalue weighted by Crippen LogP contribution is -2.48. The van der Waals surface area contributed by atoms with Gasteiger partial charge >= 0.3 is 6.18 Å². The number of halogens is 3. The lowest BCUT2D eigenvalue weighted by Gasteiger charge is -2.35. The Labute approximate surface area is 190 Å². The fourth-order valence-corrected chi connectivity index (χ4v) is 4.83. The molecule has 1 aromatic heterocycles. The summed E-state index contributed by atoms with van der Waals surface area (Å²) in [6.07, 6.45) is -1.40. The van der Waals surface area contributed by atoms with Crippen LogP contribution in [-0.2, 0) is 25.6 Å². The molecular weight excluding hydrogens is 429 g/mol. The molecule has 5 nitrogen and oxygen atoms in total. The molecule has 1 saturated heterocycles. The summed E-state index contributed by atoms with van der Waals surface area (Å²) >= 11 is 0. The van der Waals surface area contributed by atoms with Gasteiger partial charge in [0.1, 0.15) is 0 Å². The Morgan fingerprint density at radius 3 is 2.33 bits per heavy atom. The zero-order chi connectivity index (χ0) is 23.0. The standard InChI is InChI=1S/C25H25F3N4O/c26-25(27,28)21-11-5-4-9-19(21)24(33)31-15-13-30(14-16-31)17-22-20-10-6-12-23(20)32(29-22)18-7-2-1-3-8-18/h1-5,7-9,11H,6,10,12-17H2. The summed E-state index contributed by atoms with van der Waals surface area (Å²) in [5.74, 6) is -0.558. The maximum atomic E-state index is 13.3. The molecule has 0 spiro atoms. The summed E-state index contributed by atoms with van der Waals surface area (Å²) < 4.78 is 42.0. The quantitative estimate of drug-likeness (QED) is 0.589. The number of carbonyl (C=O) groups is 1. The van der Waals surface area contributed by atoms with E-state index in [-0.39, 0.29) is 5.56 Å². The molecule has 0 saturated carbocycles. The Bertz CT molecular complexity index is 1150. The van der Waals surface area contributed by atoms with Gasteiger partial charge in [-0.2, -0.15) is 18.3 Å². The van der Waals surface area contributed by atoms with Gasteiger partial charge in [-0.1, -0.05) is 30.3 Å². The minimum Gasteiger partial charge on any atom is -0.336 e. The third kappa shape index (κ3) is 4.27. The Balaban J connectivity index is 1.28. The van der Waals surface area contributed by atoms with E-state index in [1.807, 2.05) is 22.9 Å². The fourth-order valence-electron chi connectivity index (χ4n) is 4.83. The van der Waals surface area contributed by atoms with Crippen LogP contribution in [0.15, 0.2) is 54.6 Å². The zero-order valence-corrected chi connectivity index (χ0v) is 18.2. The van der Waals surface area contributed by atoms with Crippen molar-refractivity contribution in [3.05, 3.63) is 82.7 Å². The van der Waals surface area contributed by atoms with Crippen molar-refractivity contribution in [3.63, 3.8) is 0 Å². The summed E-state index contributed by atoms with van der Waals surface area (Å²) in [5, 5.41) is 4.91. The lowest BCUT2D eigenvalue weighted by molar-refractivity contribution is -0.138. The number of amides is 1. The van der Waals surface area contributed by atoms with E-state index in [1.165, 1.54) is 34.4 Å². The van der Waals surface area contributed by atoms with E-state index >= 15 is 0 Å². The van der Waals surface area contributed by atoms with Crippen molar-refractivity contribution in [2.75, 3.05) is 26.2 Å². The number of nitrogens with zero attached hydrogens (tertiary/aromatic N) is 4. The first-order valence-electron chi connectivity index (χ1n) is 11.2. The van der Waals surface area contributed by atoms with Gasteiger partial charge in [0.2, 0.25) is 0 Å². The molecule has 172 valence electrons. The number of fused-ring (bicyclic) bond motifs is 1. The molecule has 5 rings (SSSR count). The van der Waals surface area contributed by atoms with Gasteiger partial charge in [0, 0.05) is 38.4 Å². The minimum atomic E-state index is -4.55. The number of carbonyl (C=O) groups excluding carboxylic acids is 1. The molecule has 8 heteroatoms. The highest BCUT2D eigenvalue weighted by atomic mass is 19.4. The molecule has 0 bridgehead atoms. The first-order chi connectivity index (χ1) is 15.9. The van der Waals surface area contributed by atoms with E-state index in [0.29, 0.717) is 32.7 Å². The molecule has 2 heterocycles. The van der Waals surface area contributed by atoms with Gasteiger partial charge < -0.3 is 4.90 Å². The van der Waals surface area contributed by atoms with Gasteiger partial charge in [-0.05, 0) is 49.1 Å². The van der Waals surface area contributed by atoms with Gasteiger partial charge in [0.15, 0.2) is 0 Å². The van der Waals surface area contributed by atoms with E-state index in [4.69, 9.17) is 5.10 Å². The van der Waals surface area contributed by atoms with E-state index in [0.717, 1.165) is 36.7 Å². The van der Waals surface area contributed by atoms with Gasteiger partial charge in [0.05, 0.1) is 22.5 Å². The zero-order valence-electron chi connectivity index (χ0n) is 18.2. The van der Waals surface area contributed by atoms with Crippen molar-refractivity contribution in [1.29, 1.82) is 0 Å². The second-order valence-electron chi connectivity index (χ2n) is 8.58. The van der Waals surface area contributed by atoms with Crippen LogP contribution >= 0.6 is 0 Å².